The molecule has 240 valence electrons. The third-order valence-corrected chi connectivity index (χ3v) is 153. The predicted octanol–water partition coefficient (Wildman–Crippen LogP) is 7.44. The normalized spacial score (nSPS) is 34.6. The van der Waals surface area contributed by atoms with Crippen molar-refractivity contribution in [3.8, 4) is 0 Å². The van der Waals surface area contributed by atoms with E-state index in [0.717, 1.165) is 12.0 Å². The van der Waals surface area contributed by atoms with Crippen LogP contribution in [-0.4, -0.2) is 91.0 Å². The van der Waals surface area contributed by atoms with Crippen LogP contribution in [0.25, 0.3) is 0 Å². The van der Waals surface area contributed by atoms with E-state index in [1.807, 2.05) is 0 Å². The van der Waals surface area contributed by atoms with Crippen molar-refractivity contribution in [2.24, 2.45) is 0 Å². The number of carbonyl (C=O) groups excluding carboxylic acids is 1. The number of hydrogen-bond donors (Lipinski definition) is 0. The van der Waals surface area contributed by atoms with Gasteiger partial charge in [0.2, 0.25) is 0 Å². The maximum atomic E-state index is 14.5. The van der Waals surface area contributed by atoms with Gasteiger partial charge in [-0.2, -0.15) is 0 Å². The Labute approximate surface area is 264 Å². The molecule has 0 bridgehead atoms. The summed E-state index contributed by atoms with van der Waals surface area (Å²) in [7, 11) is -16.5. The summed E-state index contributed by atoms with van der Waals surface area (Å²) >= 11 is 0. The molecule has 0 radical (unpaired) electrons. The SMILES string of the molecule is CCC(OC(=O)C(C)=C([Si]1(C)C(C)(C)O[Si](C)(C)[Si](C)(C)[Si]1(C)C)[Si]1(C)C(C)(C)O[Si](C)(C)[Si](C)(C)[Si]1(C)C)[SiH2]C. The summed E-state index contributed by atoms with van der Waals surface area (Å²) in [6.07, 6.45) is 0.920. The van der Waals surface area contributed by atoms with Crippen LogP contribution in [0.2, 0.25) is 98.2 Å². The number of rotatable bonds is 6. The average Bonchev–Trinajstić information content (AvgIpc) is 2.78. The maximum absolute atomic E-state index is 14.5. The van der Waals surface area contributed by atoms with Crippen LogP contribution >= 0.6 is 0 Å². The van der Waals surface area contributed by atoms with E-state index < -0.39 is 68.8 Å². The van der Waals surface area contributed by atoms with Crippen molar-refractivity contribution >= 4 is 74.8 Å². The highest BCUT2D eigenvalue weighted by Gasteiger charge is 2.79. The second kappa shape index (κ2) is 10.8. The van der Waals surface area contributed by atoms with Gasteiger partial charge in [-0.05, 0) is 67.2 Å². The van der Waals surface area contributed by atoms with E-state index >= 15 is 0 Å². The van der Waals surface area contributed by atoms with E-state index in [2.05, 4.69) is 140 Å². The summed E-state index contributed by atoms with van der Waals surface area (Å²) in [5.41, 5.74) is 1.10. The predicted molar refractivity (Wildman–Crippen MR) is 206 cm³/mol. The summed E-state index contributed by atoms with van der Waals surface area (Å²) < 4.78 is 21.5. The van der Waals surface area contributed by atoms with Crippen LogP contribution < -0.4 is 0 Å². The lowest BCUT2D eigenvalue weighted by molar-refractivity contribution is -0.140. The maximum Gasteiger partial charge on any atom is 0.332 e. The van der Waals surface area contributed by atoms with Crippen molar-refractivity contribution in [1.82, 2.24) is 0 Å². The second-order valence-electron chi connectivity index (χ2n) is 17.8. The molecule has 0 N–H and O–H groups in total. The fourth-order valence-electron chi connectivity index (χ4n) is 9.27. The highest BCUT2D eigenvalue weighted by atomic mass is 29.9. The van der Waals surface area contributed by atoms with Crippen molar-refractivity contribution in [3.63, 3.8) is 0 Å². The zero-order valence-corrected chi connectivity index (χ0v) is 40.5. The zero-order chi connectivity index (χ0) is 32.8. The lowest BCUT2D eigenvalue weighted by atomic mass is 10.3. The molecule has 2 aliphatic heterocycles. The van der Waals surface area contributed by atoms with Crippen molar-refractivity contribution in [2.75, 3.05) is 0 Å². The Hall–Kier alpha value is 1.08. The highest BCUT2D eigenvalue weighted by Crippen LogP contribution is 2.59. The Morgan fingerprint density at radius 3 is 1.27 bits per heavy atom. The third-order valence-electron chi connectivity index (χ3n) is 14.9. The summed E-state index contributed by atoms with van der Waals surface area (Å²) in [5.74, 6) is -0.0204. The van der Waals surface area contributed by atoms with Gasteiger partial charge in [0.15, 0.2) is 15.7 Å². The Kier molecular flexibility index (Phi) is 10.1. The minimum absolute atomic E-state index is 0.0204. The monoisotopic (exact) mass is 720 g/mol. The van der Waals surface area contributed by atoms with Crippen LogP contribution in [0.4, 0.5) is 0 Å². The van der Waals surface area contributed by atoms with Crippen LogP contribution in [0.3, 0.4) is 0 Å². The van der Waals surface area contributed by atoms with E-state index in [-0.39, 0.29) is 22.1 Å². The average molecular weight is 722 g/mol. The van der Waals surface area contributed by atoms with E-state index in [0.29, 0.717) is 0 Å². The molecule has 13 heteroatoms. The third kappa shape index (κ3) is 4.91. The standard InChI is InChI=1S/C28H68O4Si9/c1-22-24(33-7)30-25(29)23(2)26(40(20)27(3,4)31-34(8,9)36(12,13)38(40,16)17)41(21)28(5,6)32-35(10,11)37(14,15)39(41,18)19/h24H,22,33H2,1-21H3. The molecule has 4 nitrogen and oxygen atoms in total. The van der Waals surface area contributed by atoms with Gasteiger partial charge in [-0.1, -0.05) is 83.8 Å². The molecule has 3 atom stereocenters. The molecule has 3 unspecified atom stereocenters. The van der Waals surface area contributed by atoms with Gasteiger partial charge >= 0.3 is 5.97 Å². The van der Waals surface area contributed by atoms with Gasteiger partial charge in [0.1, 0.15) is 0 Å². The Morgan fingerprint density at radius 1 is 0.683 bits per heavy atom. The van der Waals surface area contributed by atoms with E-state index in [4.69, 9.17) is 13.6 Å². The second-order valence-corrected chi connectivity index (χ2v) is 96.6. The summed E-state index contributed by atoms with van der Waals surface area (Å²) in [6, 6.07) is 0. The summed E-state index contributed by atoms with van der Waals surface area (Å²) in [4.78, 5) is 16.1. The van der Waals surface area contributed by atoms with Gasteiger partial charge in [0.05, 0.1) is 44.6 Å². The Balaban J connectivity index is 3.25. The molecular weight excluding hydrogens is 653 g/mol. The highest BCUT2D eigenvalue weighted by molar-refractivity contribution is 7.89. The lowest BCUT2D eigenvalue weighted by Gasteiger charge is -2.73. The zero-order valence-electron chi connectivity index (χ0n) is 31.1. The van der Waals surface area contributed by atoms with Crippen LogP contribution in [0.1, 0.15) is 48.0 Å². The van der Waals surface area contributed by atoms with E-state index in [9.17, 15) is 4.79 Å². The summed E-state index contributed by atoms with van der Waals surface area (Å²) in [6.45, 7) is 53.6. The van der Waals surface area contributed by atoms with Gasteiger partial charge in [-0.3, -0.25) is 0 Å². The van der Waals surface area contributed by atoms with Crippen molar-refractivity contribution in [2.45, 2.75) is 162 Å². The van der Waals surface area contributed by atoms with Gasteiger partial charge in [-0.25, -0.2) is 4.79 Å². The minimum Gasteiger partial charge on any atom is -0.464 e. The molecule has 0 amide bonds. The molecule has 0 spiro atoms. The van der Waals surface area contributed by atoms with Gasteiger partial charge < -0.3 is 13.6 Å². The number of carbonyl (C=O) groups is 1. The largest absolute Gasteiger partial charge is 0.464 e. The molecule has 0 aliphatic carbocycles. The molecule has 0 aromatic heterocycles. The van der Waals surface area contributed by atoms with Crippen molar-refractivity contribution in [1.29, 1.82) is 0 Å². The van der Waals surface area contributed by atoms with Crippen molar-refractivity contribution < 1.29 is 18.4 Å². The fourth-order valence-corrected chi connectivity index (χ4v) is 171. The Bertz CT molecular complexity index is 1020. The van der Waals surface area contributed by atoms with E-state index in [1.165, 1.54) is 0 Å². The van der Waals surface area contributed by atoms with Crippen LogP contribution in [0.5, 0.6) is 0 Å². The smallest absolute Gasteiger partial charge is 0.332 e. The molecule has 2 fully saturated rings. The molecular formula is C28H68O4Si9. The Morgan fingerprint density at radius 2 is 1.00 bits per heavy atom. The molecule has 0 saturated carbocycles. The molecule has 2 rings (SSSR count). The van der Waals surface area contributed by atoms with Crippen LogP contribution in [0.15, 0.2) is 10.4 Å². The molecule has 41 heavy (non-hydrogen) atoms. The topological polar surface area (TPSA) is 44.8 Å². The van der Waals surface area contributed by atoms with Crippen LogP contribution in [0, 0.1) is 0 Å². The molecule has 0 aromatic carbocycles. The minimum atomic E-state index is -2.43. The summed E-state index contributed by atoms with van der Waals surface area (Å²) in [5, 5.41) is -0.456. The quantitative estimate of drug-likeness (QED) is 0.163. The molecule has 2 heterocycles. The van der Waals surface area contributed by atoms with Crippen LogP contribution in [-0.2, 0) is 18.4 Å². The first-order chi connectivity index (χ1) is 17.9. The first-order valence-electron chi connectivity index (χ1n) is 16.2. The van der Waals surface area contributed by atoms with Gasteiger partial charge in [0, 0.05) is 30.2 Å². The molecule has 2 aliphatic rings. The van der Waals surface area contributed by atoms with Gasteiger partial charge in [0.25, 0.3) is 0 Å². The first-order valence-corrected chi connectivity index (χ1v) is 47.2. The number of hydrogen-bond acceptors (Lipinski definition) is 4. The molecule has 0 aromatic rings. The van der Waals surface area contributed by atoms with E-state index in [1.54, 1.807) is 4.82 Å². The fraction of sp³-hybridized carbons (Fsp3) is 0.893. The molecule has 2 saturated heterocycles. The van der Waals surface area contributed by atoms with Gasteiger partial charge in [-0.15, -0.1) is 0 Å². The lowest BCUT2D eigenvalue weighted by Crippen LogP contribution is -2.97. The number of ether oxygens (including phenoxy) is 1. The first kappa shape index (κ1) is 38.3. The number of esters is 1. The van der Waals surface area contributed by atoms with Crippen molar-refractivity contribution in [3.05, 3.63) is 10.4 Å².